The highest BCUT2D eigenvalue weighted by molar-refractivity contribution is 7.54. The van der Waals surface area contributed by atoms with Crippen LogP contribution in [0.1, 0.15) is 6.42 Å². The minimum atomic E-state index is -3.39. The van der Waals surface area contributed by atoms with Crippen LogP contribution < -0.4 is 5.09 Å². The lowest BCUT2D eigenvalue weighted by Crippen LogP contribution is -2.53. The van der Waals surface area contributed by atoms with Crippen molar-refractivity contribution in [3.8, 4) is 0 Å². The van der Waals surface area contributed by atoms with Crippen LogP contribution in [0.4, 0.5) is 4.79 Å². The lowest BCUT2D eigenvalue weighted by molar-refractivity contribution is -0.0999. The van der Waals surface area contributed by atoms with Gasteiger partial charge in [-0.05, 0) is 0 Å². The Bertz CT molecular complexity index is 395. The molecule has 0 bridgehead atoms. The summed E-state index contributed by atoms with van der Waals surface area (Å²) in [4.78, 5) is 13.0. The zero-order valence-electron chi connectivity index (χ0n) is 12.0. The number of hydrogen-bond acceptors (Lipinski definition) is 4. The molecule has 1 saturated heterocycles. The Morgan fingerprint density at radius 2 is 1.95 bits per heavy atom. The summed E-state index contributed by atoms with van der Waals surface area (Å²) in [5.74, 6) is 0.520. The maximum Gasteiger partial charge on any atom is 0.345 e. The molecular formula is C10H21Cl2N4O4P. The van der Waals surface area contributed by atoms with Gasteiger partial charge in [0.2, 0.25) is 0 Å². The summed E-state index contributed by atoms with van der Waals surface area (Å²) >= 11 is 11.4. The Labute approximate surface area is 134 Å². The van der Waals surface area contributed by atoms with Crippen molar-refractivity contribution in [3.63, 3.8) is 0 Å². The molecule has 21 heavy (non-hydrogen) atoms. The zero-order valence-corrected chi connectivity index (χ0v) is 14.4. The molecule has 0 aliphatic carbocycles. The van der Waals surface area contributed by atoms with Gasteiger partial charge in [0.15, 0.2) is 0 Å². The van der Waals surface area contributed by atoms with Crippen molar-refractivity contribution >= 4 is 36.9 Å². The summed E-state index contributed by atoms with van der Waals surface area (Å²) in [6, 6.07) is -0.609. The van der Waals surface area contributed by atoms with Gasteiger partial charge in [-0.2, -0.15) is 5.06 Å². The fourth-order valence-electron chi connectivity index (χ4n) is 1.83. The van der Waals surface area contributed by atoms with Gasteiger partial charge in [-0.3, -0.25) is 9.77 Å². The molecule has 0 aromatic carbocycles. The van der Waals surface area contributed by atoms with Crippen LogP contribution in [0.5, 0.6) is 0 Å². The highest BCUT2D eigenvalue weighted by atomic mass is 35.5. The number of urea groups is 1. The summed E-state index contributed by atoms with van der Waals surface area (Å²) in [6.45, 7) is 0.782. The molecule has 8 nitrogen and oxygen atoms in total. The van der Waals surface area contributed by atoms with Crippen molar-refractivity contribution in [2.75, 3.05) is 45.6 Å². The smallest absolute Gasteiger partial charge is 0.329 e. The van der Waals surface area contributed by atoms with E-state index in [2.05, 4.69) is 5.09 Å². The van der Waals surface area contributed by atoms with E-state index in [1.165, 1.54) is 23.7 Å². The van der Waals surface area contributed by atoms with Gasteiger partial charge in [0, 0.05) is 45.4 Å². The van der Waals surface area contributed by atoms with Crippen LogP contribution in [0.25, 0.3) is 0 Å². The number of nitrogens with zero attached hydrogens (tertiary/aromatic N) is 3. The number of hydrogen-bond donors (Lipinski definition) is 2. The normalized spacial score (nSPS) is 25.9. The topological polar surface area (TPSA) is 85.4 Å². The lowest BCUT2D eigenvalue weighted by Gasteiger charge is -2.39. The van der Waals surface area contributed by atoms with E-state index in [9.17, 15) is 14.6 Å². The minimum absolute atomic E-state index is 0.147. The minimum Gasteiger partial charge on any atom is -0.329 e. The molecule has 1 aliphatic rings. The van der Waals surface area contributed by atoms with Crippen LogP contribution in [-0.4, -0.2) is 77.6 Å². The zero-order chi connectivity index (χ0) is 16.0. The van der Waals surface area contributed by atoms with Crippen LogP contribution in [0.3, 0.4) is 0 Å². The summed E-state index contributed by atoms with van der Waals surface area (Å²) in [5.41, 5.74) is 0. The molecule has 1 aliphatic heterocycles. The highest BCUT2D eigenvalue weighted by Gasteiger charge is 2.40. The first kappa shape index (κ1) is 19.0. The van der Waals surface area contributed by atoms with Gasteiger partial charge in [-0.15, -0.1) is 23.2 Å². The van der Waals surface area contributed by atoms with E-state index >= 15 is 0 Å². The Morgan fingerprint density at radius 1 is 1.38 bits per heavy atom. The van der Waals surface area contributed by atoms with Gasteiger partial charge in [-0.1, -0.05) is 0 Å². The SMILES string of the molecule is CN(C)C(=O)N(O)C1CCOP(=O)(N(CCCl)CCCl)N1. The molecule has 2 amide bonds. The molecule has 1 heterocycles. The molecule has 1 fully saturated rings. The molecule has 0 aromatic heterocycles. The van der Waals surface area contributed by atoms with Crippen molar-refractivity contribution < 1.29 is 19.1 Å². The molecule has 1 rings (SSSR count). The summed E-state index contributed by atoms with van der Waals surface area (Å²) in [6.07, 6.45) is -0.483. The van der Waals surface area contributed by atoms with Crippen molar-refractivity contribution in [3.05, 3.63) is 0 Å². The van der Waals surface area contributed by atoms with Crippen molar-refractivity contribution in [1.82, 2.24) is 19.7 Å². The third-order valence-corrected chi connectivity index (χ3v) is 5.54. The third kappa shape index (κ3) is 4.96. The van der Waals surface area contributed by atoms with Gasteiger partial charge in [0.25, 0.3) is 0 Å². The highest BCUT2D eigenvalue weighted by Crippen LogP contribution is 2.49. The Kier molecular flexibility index (Phi) is 7.70. The van der Waals surface area contributed by atoms with Crippen molar-refractivity contribution in [2.24, 2.45) is 0 Å². The summed E-state index contributed by atoms with van der Waals surface area (Å²) in [5, 5.41) is 13.1. The first-order valence-electron chi connectivity index (χ1n) is 6.45. The number of amides is 2. The molecule has 11 heteroatoms. The second-order valence-corrected chi connectivity index (χ2v) is 7.52. The average molecular weight is 363 g/mol. The fraction of sp³-hybridized carbons (Fsp3) is 0.900. The number of carbonyl (C=O) groups excluding carboxylic acids is 1. The van der Waals surface area contributed by atoms with Gasteiger partial charge < -0.3 is 9.42 Å². The molecule has 2 atom stereocenters. The second-order valence-electron chi connectivity index (χ2n) is 4.64. The number of hydroxylamine groups is 2. The van der Waals surface area contributed by atoms with Gasteiger partial charge in [0.05, 0.1) is 6.61 Å². The maximum absolute atomic E-state index is 12.8. The monoisotopic (exact) mass is 362 g/mol. The van der Waals surface area contributed by atoms with Crippen molar-refractivity contribution in [1.29, 1.82) is 0 Å². The van der Waals surface area contributed by atoms with E-state index < -0.39 is 19.9 Å². The quantitative estimate of drug-likeness (QED) is 0.323. The van der Waals surface area contributed by atoms with E-state index in [1.807, 2.05) is 0 Å². The molecular weight excluding hydrogens is 342 g/mol. The molecule has 0 radical (unpaired) electrons. The number of alkyl halides is 2. The van der Waals surface area contributed by atoms with Gasteiger partial charge in [-0.25, -0.2) is 14.6 Å². The predicted octanol–water partition coefficient (Wildman–Crippen LogP) is 1.58. The standard InChI is InChI=1S/C10H21Cl2N4O4P/c1-14(2)10(17)16(18)9-3-8-20-21(19,13-9)15(6-4-11)7-5-12/h9,18H,3-8H2,1-2H3,(H,13,19). The Balaban J connectivity index is 2.81. The lowest BCUT2D eigenvalue weighted by atomic mass is 10.3. The molecule has 0 aromatic rings. The van der Waals surface area contributed by atoms with E-state index in [4.69, 9.17) is 27.7 Å². The van der Waals surface area contributed by atoms with Crippen LogP contribution in [-0.2, 0) is 9.09 Å². The van der Waals surface area contributed by atoms with E-state index in [0.29, 0.717) is 24.6 Å². The molecule has 0 saturated carbocycles. The molecule has 124 valence electrons. The van der Waals surface area contributed by atoms with Gasteiger partial charge >= 0.3 is 13.7 Å². The summed E-state index contributed by atoms with van der Waals surface area (Å²) < 4.78 is 19.7. The first-order chi connectivity index (χ1) is 9.85. The Morgan fingerprint density at radius 3 is 2.43 bits per heavy atom. The number of rotatable bonds is 6. The molecule has 2 unspecified atom stereocenters. The van der Waals surface area contributed by atoms with E-state index in [1.54, 1.807) is 0 Å². The first-order valence-corrected chi connectivity index (χ1v) is 9.09. The predicted molar refractivity (Wildman–Crippen MR) is 80.8 cm³/mol. The van der Waals surface area contributed by atoms with Crippen molar-refractivity contribution in [2.45, 2.75) is 12.6 Å². The average Bonchev–Trinajstić information content (AvgIpc) is 2.45. The van der Waals surface area contributed by atoms with Gasteiger partial charge in [0.1, 0.15) is 6.17 Å². The fourth-order valence-corrected chi connectivity index (χ4v) is 4.57. The molecule has 0 spiro atoms. The van der Waals surface area contributed by atoms with Crippen LogP contribution >= 0.6 is 30.9 Å². The number of nitrogens with one attached hydrogen (secondary N) is 1. The molecule has 2 N–H and O–H groups in total. The second kappa shape index (κ2) is 8.53. The number of halogens is 2. The Hall–Kier alpha value is -0.0800. The van der Waals surface area contributed by atoms with Crippen LogP contribution in [0, 0.1) is 0 Å². The maximum atomic E-state index is 12.8. The largest absolute Gasteiger partial charge is 0.345 e. The van der Waals surface area contributed by atoms with Crippen LogP contribution in [0.15, 0.2) is 0 Å². The number of carbonyl (C=O) groups is 1. The van der Waals surface area contributed by atoms with E-state index in [0.717, 1.165) is 0 Å². The summed E-state index contributed by atoms with van der Waals surface area (Å²) in [7, 11) is -0.371. The van der Waals surface area contributed by atoms with E-state index in [-0.39, 0.29) is 18.4 Å². The van der Waals surface area contributed by atoms with Crippen LogP contribution in [0.2, 0.25) is 0 Å². The third-order valence-electron chi connectivity index (χ3n) is 2.90.